The van der Waals surface area contributed by atoms with Gasteiger partial charge >= 0.3 is 0 Å². The molecule has 0 spiro atoms. The SMILES string of the molecule is CCCCCCCCCCC(CC1CC(C)(C)N(C)C(C)(C)C1)c1cc(O)[nH]c1O. The third-order valence-corrected chi connectivity index (χ3v) is 7.67. The van der Waals surface area contributed by atoms with Gasteiger partial charge in [-0.15, -0.1) is 0 Å². The summed E-state index contributed by atoms with van der Waals surface area (Å²) in [5.74, 6) is 1.17. The molecule has 1 fully saturated rings. The molecule has 0 bridgehead atoms. The molecule has 1 aromatic rings. The van der Waals surface area contributed by atoms with Gasteiger partial charge in [-0.1, -0.05) is 58.3 Å². The summed E-state index contributed by atoms with van der Waals surface area (Å²) in [6, 6.07) is 1.75. The normalized spacial score (nSPS) is 20.5. The van der Waals surface area contributed by atoms with Crippen LogP contribution in [0.4, 0.5) is 0 Å². The second kappa shape index (κ2) is 10.9. The summed E-state index contributed by atoms with van der Waals surface area (Å²) >= 11 is 0. The zero-order chi connectivity index (χ0) is 22.4. The molecule has 1 aliphatic heterocycles. The number of hydrogen-bond acceptors (Lipinski definition) is 3. The number of nitrogens with zero attached hydrogens (tertiary/aromatic N) is 1. The summed E-state index contributed by atoms with van der Waals surface area (Å²) in [7, 11) is 2.25. The van der Waals surface area contributed by atoms with Gasteiger partial charge in [-0.05, 0) is 72.3 Å². The number of likely N-dealkylation sites (tertiary alicyclic amines) is 1. The van der Waals surface area contributed by atoms with Crippen molar-refractivity contribution in [3.63, 3.8) is 0 Å². The smallest absolute Gasteiger partial charge is 0.194 e. The Morgan fingerprint density at radius 3 is 2.00 bits per heavy atom. The van der Waals surface area contributed by atoms with Crippen molar-refractivity contribution in [3.05, 3.63) is 11.6 Å². The fourth-order valence-electron chi connectivity index (χ4n) is 5.83. The van der Waals surface area contributed by atoms with Crippen LogP contribution in [-0.4, -0.2) is 38.2 Å². The van der Waals surface area contributed by atoms with Crippen LogP contribution in [0, 0.1) is 5.92 Å². The molecule has 0 radical (unpaired) electrons. The van der Waals surface area contributed by atoms with Gasteiger partial charge in [-0.2, -0.15) is 0 Å². The second-order valence-electron chi connectivity index (χ2n) is 11.1. The fraction of sp³-hybridized carbons (Fsp3) is 0.846. The van der Waals surface area contributed by atoms with Gasteiger partial charge in [0.15, 0.2) is 11.8 Å². The van der Waals surface area contributed by atoms with Crippen LogP contribution in [0.3, 0.4) is 0 Å². The lowest BCUT2D eigenvalue weighted by Gasteiger charge is -2.54. The first kappa shape index (κ1) is 25.1. The molecule has 30 heavy (non-hydrogen) atoms. The highest BCUT2D eigenvalue weighted by Crippen LogP contribution is 2.45. The molecule has 4 nitrogen and oxygen atoms in total. The largest absolute Gasteiger partial charge is 0.495 e. The van der Waals surface area contributed by atoms with Gasteiger partial charge in [-0.3, -0.25) is 9.88 Å². The minimum Gasteiger partial charge on any atom is -0.495 e. The molecule has 1 aliphatic rings. The van der Waals surface area contributed by atoms with Crippen LogP contribution in [0.1, 0.15) is 123 Å². The van der Waals surface area contributed by atoms with E-state index in [0.29, 0.717) is 11.8 Å². The zero-order valence-electron chi connectivity index (χ0n) is 20.6. The van der Waals surface area contributed by atoms with Crippen LogP contribution < -0.4 is 0 Å². The first-order chi connectivity index (χ1) is 14.1. The first-order valence-corrected chi connectivity index (χ1v) is 12.4. The lowest BCUT2D eigenvalue weighted by molar-refractivity contribution is -0.0333. The Balaban J connectivity index is 1.97. The van der Waals surface area contributed by atoms with Crippen molar-refractivity contribution in [2.45, 2.75) is 129 Å². The van der Waals surface area contributed by atoms with Gasteiger partial charge in [0.25, 0.3) is 0 Å². The Hall–Kier alpha value is -1.16. The molecule has 1 saturated heterocycles. The Labute approximate surface area is 185 Å². The van der Waals surface area contributed by atoms with Gasteiger partial charge in [0.2, 0.25) is 0 Å². The van der Waals surface area contributed by atoms with Gasteiger partial charge in [0, 0.05) is 22.7 Å². The lowest BCUT2D eigenvalue weighted by Crippen LogP contribution is -2.58. The van der Waals surface area contributed by atoms with E-state index in [0.717, 1.165) is 18.4 Å². The third-order valence-electron chi connectivity index (χ3n) is 7.67. The van der Waals surface area contributed by atoms with Crippen molar-refractivity contribution in [1.82, 2.24) is 9.88 Å². The highest BCUT2D eigenvalue weighted by molar-refractivity contribution is 5.35. The molecule has 3 N–H and O–H groups in total. The Morgan fingerprint density at radius 2 is 1.50 bits per heavy atom. The zero-order valence-corrected chi connectivity index (χ0v) is 20.6. The number of rotatable bonds is 12. The second-order valence-corrected chi connectivity index (χ2v) is 11.1. The molecule has 174 valence electrons. The number of aromatic hydroxyl groups is 2. The number of aromatic amines is 1. The van der Waals surface area contributed by atoms with Crippen molar-refractivity contribution >= 4 is 0 Å². The molecule has 0 aromatic carbocycles. The van der Waals surface area contributed by atoms with Crippen molar-refractivity contribution in [2.75, 3.05) is 7.05 Å². The summed E-state index contributed by atoms with van der Waals surface area (Å²) < 4.78 is 0. The van der Waals surface area contributed by atoms with Crippen LogP contribution in [0.15, 0.2) is 6.07 Å². The molecule has 4 heteroatoms. The maximum Gasteiger partial charge on any atom is 0.194 e. The summed E-state index contributed by atoms with van der Waals surface area (Å²) in [4.78, 5) is 5.23. The van der Waals surface area contributed by atoms with Crippen LogP contribution in [0.25, 0.3) is 0 Å². The minimum absolute atomic E-state index is 0.0764. The van der Waals surface area contributed by atoms with E-state index in [9.17, 15) is 10.2 Å². The first-order valence-electron chi connectivity index (χ1n) is 12.4. The predicted octanol–water partition coefficient (Wildman–Crippen LogP) is 7.33. The summed E-state index contributed by atoms with van der Waals surface area (Å²) in [6.07, 6.45) is 15.1. The number of hydrogen-bond donors (Lipinski definition) is 3. The van der Waals surface area contributed by atoms with Crippen molar-refractivity contribution in [2.24, 2.45) is 5.92 Å². The highest BCUT2D eigenvalue weighted by atomic mass is 16.3. The maximum absolute atomic E-state index is 10.4. The monoisotopic (exact) mass is 420 g/mol. The molecule has 2 heterocycles. The molecule has 1 atom stereocenters. The third kappa shape index (κ3) is 6.93. The molecular weight excluding hydrogens is 372 g/mol. The van der Waals surface area contributed by atoms with Gasteiger partial charge in [-0.25, -0.2) is 0 Å². The molecule has 0 aliphatic carbocycles. The lowest BCUT2D eigenvalue weighted by atomic mass is 9.70. The molecule has 0 saturated carbocycles. The average Bonchev–Trinajstić information content (AvgIpc) is 2.98. The molecular formula is C26H48N2O2. The van der Waals surface area contributed by atoms with E-state index >= 15 is 0 Å². The van der Waals surface area contributed by atoms with E-state index < -0.39 is 0 Å². The Morgan fingerprint density at radius 1 is 0.967 bits per heavy atom. The van der Waals surface area contributed by atoms with E-state index in [-0.39, 0.29) is 22.8 Å². The van der Waals surface area contributed by atoms with Gasteiger partial charge in [0.05, 0.1) is 0 Å². The van der Waals surface area contributed by atoms with Crippen LogP contribution in [0.2, 0.25) is 0 Å². The topological polar surface area (TPSA) is 59.5 Å². The number of piperidine rings is 1. The molecule has 0 amide bonds. The number of nitrogens with one attached hydrogen (secondary N) is 1. The van der Waals surface area contributed by atoms with E-state index in [1.165, 1.54) is 64.2 Å². The number of unbranched alkanes of at least 4 members (excludes halogenated alkanes) is 7. The summed E-state index contributed by atoms with van der Waals surface area (Å²) in [5, 5.41) is 20.3. The fourth-order valence-corrected chi connectivity index (χ4v) is 5.83. The Bertz CT molecular complexity index is 617. The molecule has 1 aromatic heterocycles. The number of aromatic nitrogens is 1. The minimum atomic E-state index is 0.0764. The van der Waals surface area contributed by atoms with Crippen LogP contribution in [0.5, 0.6) is 11.8 Å². The molecule has 1 unspecified atom stereocenters. The van der Waals surface area contributed by atoms with Crippen molar-refractivity contribution < 1.29 is 10.2 Å². The maximum atomic E-state index is 10.4. The summed E-state index contributed by atoms with van der Waals surface area (Å²) in [6.45, 7) is 11.7. The average molecular weight is 421 g/mol. The van der Waals surface area contributed by atoms with Gasteiger partial charge in [0.1, 0.15) is 0 Å². The quantitative estimate of drug-likeness (QED) is 0.310. The van der Waals surface area contributed by atoms with E-state index in [2.05, 4.69) is 51.6 Å². The van der Waals surface area contributed by atoms with Crippen LogP contribution >= 0.6 is 0 Å². The van der Waals surface area contributed by atoms with Crippen molar-refractivity contribution in [3.8, 4) is 11.8 Å². The van der Waals surface area contributed by atoms with E-state index in [1.54, 1.807) is 6.07 Å². The Kier molecular flexibility index (Phi) is 9.14. The van der Waals surface area contributed by atoms with Crippen molar-refractivity contribution in [1.29, 1.82) is 0 Å². The molecule has 2 rings (SSSR count). The number of H-pyrrole nitrogens is 1. The van der Waals surface area contributed by atoms with Gasteiger partial charge < -0.3 is 10.2 Å². The highest BCUT2D eigenvalue weighted by Gasteiger charge is 2.43. The van der Waals surface area contributed by atoms with E-state index in [1.807, 2.05) is 0 Å². The summed E-state index contributed by atoms with van der Waals surface area (Å²) in [5.41, 5.74) is 1.26. The standard InChI is InChI=1S/C26H48N2O2/c1-7-8-9-10-11-12-13-14-15-21(22-17-23(29)27-24(22)30)16-20-18-25(2,3)28(6)26(4,5)19-20/h17,20-21,27,29-30H,7-16,18-19H2,1-6H3. The van der Waals surface area contributed by atoms with Crippen LogP contribution in [-0.2, 0) is 0 Å². The predicted molar refractivity (Wildman–Crippen MR) is 127 cm³/mol. The van der Waals surface area contributed by atoms with E-state index in [4.69, 9.17) is 0 Å².